The Morgan fingerprint density at radius 3 is 2.62 bits per heavy atom. The van der Waals surface area contributed by atoms with Crippen LogP contribution in [0.3, 0.4) is 0 Å². The van der Waals surface area contributed by atoms with Gasteiger partial charge in [0.05, 0.1) is 0 Å². The number of rotatable bonds is 14. The minimum absolute atomic E-state index is 0.191. The molecule has 1 aromatic carbocycles. The fourth-order valence-electron chi connectivity index (χ4n) is 3.05. The van der Waals surface area contributed by atoms with Crippen molar-refractivity contribution in [2.24, 2.45) is 5.73 Å². The number of allylic oxidation sites excluding steroid dienone is 1. The first kappa shape index (κ1) is 28.7. The van der Waals surface area contributed by atoms with Crippen molar-refractivity contribution >= 4 is 28.9 Å². The van der Waals surface area contributed by atoms with Gasteiger partial charge in [0, 0.05) is 12.2 Å². The van der Waals surface area contributed by atoms with Crippen molar-refractivity contribution in [3.05, 3.63) is 35.2 Å². The molecule has 6 nitrogen and oxygen atoms in total. The van der Waals surface area contributed by atoms with Crippen molar-refractivity contribution in [1.82, 2.24) is 0 Å². The first-order valence-corrected chi connectivity index (χ1v) is 13.8. The van der Waals surface area contributed by atoms with Crippen molar-refractivity contribution in [3.63, 3.8) is 0 Å². The number of hydrogen-bond acceptors (Lipinski definition) is 6. The summed E-state index contributed by atoms with van der Waals surface area (Å²) >= 11 is 0.660. The van der Waals surface area contributed by atoms with Crippen LogP contribution in [-0.4, -0.2) is 45.2 Å². The standard InChI is InChI=1S/C18H28O3S.C6H11NO2S/c1-3-4-5-6-7-8-11-22(19)15(2)12-16-9-10-17-18(13-16)21-14-20-17;1-2-3-10-4-5(7)6(8)9/h9-10,13,15H,3-8,11-12,14H2,1-2H3;2-3,5H,4,7H2,1H3,(H,8,9)/b;3-2-. The Balaban J connectivity index is 0.000000433. The van der Waals surface area contributed by atoms with Gasteiger partial charge in [0.2, 0.25) is 6.79 Å². The number of fused-ring (bicyclic) bond motifs is 1. The third kappa shape index (κ3) is 12.0. The number of benzene rings is 1. The summed E-state index contributed by atoms with van der Waals surface area (Å²) < 4.78 is 23.0. The molecular weight excluding hydrogens is 446 g/mol. The molecule has 0 saturated heterocycles. The molecule has 32 heavy (non-hydrogen) atoms. The normalized spacial score (nSPS) is 15.2. The van der Waals surface area contributed by atoms with E-state index in [2.05, 4.69) is 13.8 Å². The number of unbranched alkanes of at least 4 members (excludes halogenated alkanes) is 5. The molecule has 1 aliphatic rings. The molecule has 0 aromatic heterocycles. The molecule has 0 amide bonds. The van der Waals surface area contributed by atoms with E-state index in [0.717, 1.165) is 30.1 Å². The minimum atomic E-state index is -0.947. The Labute approximate surface area is 200 Å². The van der Waals surface area contributed by atoms with Gasteiger partial charge in [-0.15, -0.1) is 11.8 Å². The summed E-state index contributed by atoms with van der Waals surface area (Å²) in [5.41, 5.74) is 6.38. The zero-order valence-electron chi connectivity index (χ0n) is 19.6. The second-order valence-corrected chi connectivity index (χ2v) is 10.7. The first-order valence-electron chi connectivity index (χ1n) is 11.4. The monoisotopic (exact) mass is 485 g/mol. The number of carboxylic acid groups (broad SMARTS) is 1. The number of nitrogens with two attached hydrogens (primary N) is 1. The zero-order chi connectivity index (χ0) is 23.8. The Morgan fingerprint density at radius 2 is 1.94 bits per heavy atom. The summed E-state index contributed by atoms with van der Waals surface area (Å²) in [7, 11) is 0. The first-order chi connectivity index (χ1) is 15.4. The number of carbonyl (C=O) groups is 1. The fourth-order valence-corrected chi connectivity index (χ4v) is 4.97. The van der Waals surface area contributed by atoms with E-state index >= 15 is 0 Å². The third-order valence-corrected chi connectivity index (χ3v) is 7.70. The molecular formula is C24H39NO5S2. The lowest BCUT2D eigenvalue weighted by molar-refractivity contribution is -0.137. The Morgan fingerprint density at radius 1 is 1.25 bits per heavy atom. The van der Waals surface area contributed by atoms with Gasteiger partial charge in [0.25, 0.3) is 0 Å². The van der Waals surface area contributed by atoms with Gasteiger partial charge in [-0.1, -0.05) is 55.9 Å². The lowest BCUT2D eigenvalue weighted by Gasteiger charge is -2.18. The SMILES string of the molecule is C/C=C\SCC(N)C(=O)O.CCCCCCCC[S+]([O-])C(C)Cc1ccc2c(c1)OCO2. The summed E-state index contributed by atoms with van der Waals surface area (Å²) in [5.74, 6) is 1.94. The number of carboxylic acids is 1. The summed E-state index contributed by atoms with van der Waals surface area (Å²) in [6.07, 6.45) is 10.2. The van der Waals surface area contributed by atoms with Crippen LogP contribution in [0.1, 0.15) is 64.9 Å². The average molecular weight is 486 g/mol. The summed E-state index contributed by atoms with van der Waals surface area (Å²) in [4.78, 5) is 10.1. The molecule has 1 aromatic rings. The Kier molecular flexibility index (Phi) is 15.4. The van der Waals surface area contributed by atoms with Crippen molar-refractivity contribution in [2.45, 2.75) is 77.0 Å². The highest BCUT2D eigenvalue weighted by Gasteiger charge is 2.19. The van der Waals surface area contributed by atoms with Crippen molar-refractivity contribution in [2.75, 3.05) is 18.3 Å². The fraction of sp³-hybridized carbons (Fsp3) is 0.625. The van der Waals surface area contributed by atoms with E-state index in [1.165, 1.54) is 49.4 Å². The maximum Gasteiger partial charge on any atom is 0.321 e. The molecule has 8 heteroatoms. The Bertz CT molecular complexity index is 686. The lowest BCUT2D eigenvalue weighted by atomic mass is 10.1. The van der Waals surface area contributed by atoms with Crippen LogP contribution in [0, 0.1) is 0 Å². The molecule has 0 fully saturated rings. The molecule has 3 atom stereocenters. The van der Waals surface area contributed by atoms with Gasteiger partial charge >= 0.3 is 5.97 Å². The quantitative estimate of drug-likeness (QED) is 0.278. The number of hydrogen-bond donors (Lipinski definition) is 2. The number of aliphatic carboxylic acids is 1. The summed E-state index contributed by atoms with van der Waals surface area (Å²) in [5, 5.41) is 10.3. The van der Waals surface area contributed by atoms with Crippen LogP contribution < -0.4 is 15.2 Å². The third-order valence-electron chi connectivity index (χ3n) is 4.93. The number of thioether (sulfide) groups is 1. The van der Waals surface area contributed by atoms with Gasteiger partial charge in [0.1, 0.15) is 17.0 Å². The van der Waals surface area contributed by atoms with Crippen LogP contribution in [0.2, 0.25) is 0 Å². The maximum atomic E-state index is 12.3. The molecule has 0 saturated carbocycles. The van der Waals surface area contributed by atoms with E-state index in [1.54, 1.807) is 0 Å². The van der Waals surface area contributed by atoms with Gasteiger partial charge in [0.15, 0.2) is 11.5 Å². The van der Waals surface area contributed by atoms with Gasteiger partial charge in [-0.3, -0.25) is 4.79 Å². The van der Waals surface area contributed by atoms with Crippen molar-refractivity contribution in [3.8, 4) is 11.5 Å². The molecule has 0 radical (unpaired) electrons. The van der Waals surface area contributed by atoms with Crippen LogP contribution in [0.4, 0.5) is 0 Å². The topological polar surface area (TPSA) is 105 Å². The van der Waals surface area contributed by atoms with E-state index < -0.39 is 23.2 Å². The molecule has 3 N–H and O–H groups in total. The lowest BCUT2D eigenvalue weighted by Crippen LogP contribution is -2.32. The highest BCUT2D eigenvalue weighted by atomic mass is 32.2. The second-order valence-electron chi connectivity index (χ2n) is 7.80. The van der Waals surface area contributed by atoms with Crippen molar-refractivity contribution in [1.29, 1.82) is 0 Å². The molecule has 0 aliphatic carbocycles. The highest BCUT2D eigenvalue weighted by Crippen LogP contribution is 2.33. The Hall–Kier alpha value is -1.35. The minimum Gasteiger partial charge on any atom is -0.616 e. The summed E-state index contributed by atoms with van der Waals surface area (Å²) in [6.45, 7) is 6.49. The van der Waals surface area contributed by atoms with Gasteiger partial charge < -0.3 is 24.9 Å². The summed E-state index contributed by atoms with van der Waals surface area (Å²) in [6, 6.07) is 5.26. The van der Waals surface area contributed by atoms with E-state index in [-0.39, 0.29) is 5.25 Å². The molecule has 182 valence electrons. The molecule has 0 spiro atoms. The van der Waals surface area contributed by atoms with Crippen LogP contribution in [-0.2, 0) is 22.4 Å². The largest absolute Gasteiger partial charge is 0.616 e. The second kappa shape index (κ2) is 17.2. The van der Waals surface area contributed by atoms with E-state index in [4.69, 9.17) is 20.3 Å². The highest BCUT2D eigenvalue weighted by molar-refractivity contribution is 8.02. The van der Waals surface area contributed by atoms with Gasteiger partial charge in [-0.25, -0.2) is 0 Å². The van der Waals surface area contributed by atoms with Crippen molar-refractivity contribution < 1.29 is 23.9 Å². The van der Waals surface area contributed by atoms with E-state index in [9.17, 15) is 9.35 Å². The van der Waals surface area contributed by atoms with Crippen LogP contribution in [0.15, 0.2) is 29.7 Å². The van der Waals surface area contributed by atoms with Gasteiger partial charge in [-0.05, 0) is 49.8 Å². The average Bonchev–Trinajstić information content (AvgIpc) is 3.24. The smallest absolute Gasteiger partial charge is 0.321 e. The molecule has 3 unspecified atom stereocenters. The predicted molar refractivity (Wildman–Crippen MR) is 135 cm³/mol. The molecule has 0 bridgehead atoms. The predicted octanol–water partition coefficient (Wildman–Crippen LogP) is 5.12. The maximum absolute atomic E-state index is 12.3. The molecule has 2 rings (SSSR count). The van der Waals surface area contributed by atoms with Gasteiger partial charge in [-0.2, -0.15) is 0 Å². The van der Waals surface area contributed by atoms with Crippen LogP contribution in [0.25, 0.3) is 0 Å². The van der Waals surface area contributed by atoms with E-state index in [0.29, 0.717) is 12.5 Å². The molecule has 1 aliphatic heterocycles. The van der Waals surface area contributed by atoms with Crippen LogP contribution in [0.5, 0.6) is 11.5 Å². The molecule has 1 heterocycles. The zero-order valence-corrected chi connectivity index (χ0v) is 21.2. The number of ether oxygens (including phenoxy) is 2. The van der Waals surface area contributed by atoms with E-state index in [1.807, 2.05) is 36.6 Å². The van der Waals surface area contributed by atoms with Crippen LogP contribution >= 0.6 is 11.8 Å².